The second kappa shape index (κ2) is 12.8. The number of rotatable bonds is 4. The average Bonchev–Trinajstić information content (AvgIpc) is 3.30. The zero-order chi connectivity index (χ0) is 30.6. The number of hydrogen-bond donors (Lipinski definition) is 1. The Morgan fingerprint density at radius 2 is 1.56 bits per heavy atom. The van der Waals surface area contributed by atoms with E-state index in [4.69, 9.17) is 0 Å². The topological polar surface area (TPSA) is 41.5 Å². The van der Waals surface area contributed by atoms with E-state index in [0.29, 0.717) is 5.78 Å². The van der Waals surface area contributed by atoms with E-state index in [2.05, 4.69) is 126 Å². The number of carbonyl (C=O) groups is 1. The number of aliphatic imine (C=N–C) groups is 1. The molecule has 5 aromatic rings. The molecule has 1 N–H and O–H groups in total. The maximum atomic E-state index is 12.1. The van der Waals surface area contributed by atoms with Crippen molar-refractivity contribution in [2.45, 2.75) is 38.5 Å². The average molecular weight is 585 g/mol. The Morgan fingerprint density at radius 1 is 0.778 bits per heavy atom. The van der Waals surface area contributed by atoms with Gasteiger partial charge < -0.3 is 5.32 Å². The van der Waals surface area contributed by atoms with Gasteiger partial charge in [-0.2, -0.15) is 0 Å². The van der Waals surface area contributed by atoms with Crippen LogP contribution in [0.15, 0.2) is 132 Å². The molecule has 220 valence electrons. The van der Waals surface area contributed by atoms with Crippen LogP contribution in [0.25, 0.3) is 23.3 Å². The molecule has 3 nitrogen and oxygen atoms in total. The fourth-order valence-corrected chi connectivity index (χ4v) is 6.70. The summed E-state index contributed by atoms with van der Waals surface area (Å²) in [5.41, 5.74) is 9.55. The van der Waals surface area contributed by atoms with Gasteiger partial charge in [-0.25, -0.2) is 0 Å². The predicted octanol–water partition coefficient (Wildman–Crippen LogP) is 7.84. The minimum absolute atomic E-state index is 0.0820. The Labute approximate surface area is 264 Å². The van der Waals surface area contributed by atoms with E-state index in [1.807, 2.05) is 24.5 Å². The molecule has 45 heavy (non-hydrogen) atoms. The van der Waals surface area contributed by atoms with Gasteiger partial charge in [-0.05, 0) is 87.0 Å². The van der Waals surface area contributed by atoms with Crippen LogP contribution in [0.5, 0.6) is 0 Å². The van der Waals surface area contributed by atoms with Crippen molar-refractivity contribution in [3.63, 3.8) is 0 Å². The predicted molar refractivity (Wildman–Crippen MR) is 186 cm³/mol. The van der Waals surface area contributed by atoms with E-state index >= 15 is 0 Å². The lowest BCUT2D eigenvalue weighted by atomic mass is 9.80. The maximum absolute atomic E-state index is 12.1. The van der Waals surface area contributed by atoms with Gasteiger partial charge >= 0.3 is 0 Å². The molecule has 3 aliphatic rings. The molecule has 0 spiro atoms. The zero-order valence-corrected chi connectivity index (χ0v) is 25.5. The third kappa shape index (κ3) is 6.07. The normalized spacial score (nSPS) is 15.5. The monoisotopic (exact) mass is 584 g/mol. The van der Waals surface area contributed by atoms with Gasteiger partial charge in [-0.3, -0.25) is 9.79 Å². The molecule has 0 bridgehead atoms. The van der Waals surface area contributed by atoms with E-state index in [1.54, 1.807) is 6.92 Å². The van der Waals surface area contributed by atoms with Crippen LogP contribution in [0.2, 0.25) is 0 Å². The van der Waals surface area contributed by atoms with Gasteiger partial charge in [-0.1, -0.05) is 115 Å². The molecular weight excluding hydrogens is 548 g/mol. The highest BCUT2D eigenvalue weighted by atomic mass is 16.1. The first-order valence-electron chi connectivity index (χ1n) is 15.8. The number of fused-ring (bicyclic) bond motifs is 5. The van der Waals surface area contributed by atoms with Crippen molar-refractivity contribution in [3.05, 3.63) is 170 Å². The fraction of sp³-hybridized carbons (Fsp3) is 0.143. The zero-order valence-electron chi connectivity index (χ0n) is 25.5. The first-order valence-corrected chi connectivity index (χ1v) is 15.8. The van der Waals surface area contributed by atoms with Crippen molar-refractivity contribution < 1.29 is 4.79 Å². The number of nitrogens with one attached hydrogen (secondary N) is 1. The number of benzene rings is 5. The lowest BCUT2D eigenvalue weighted by Crippen LogP contribution is -2.26. The van der Waals surface area contributed by atoms with Crippen LogP contribution in [0.3, 0.4) is 0 Å². The Bertz CT molecular complexity index is 2160. The van der Waals surface area contributed by atoms with Gasteiger partial charge in [0.1, 0.15) is 5.78 Å². The molecule has 8 rings (SSSR count). The maximum Gasteiger partial charge on any atom is 0.137 e. The minimum Gasteiger partial charge on any atom is -0.359 e. The highest BCUT2D eigenvalue weighted by Crippen LogP contribution is 2.29. The first kappa shape index (κ1) is 28.5. The molecular formula is C42H36N2O. The first-order chi connectivity index (χ1) is 22.1. The Balaban J connectivity index is 0.000000146. The van der Waals surface area contributed by atoms with Crippen molar-refractivity contribution in [2.24, 2.45) is 4.99 Å². The van der Waals surface area contributed by atoms with Crippen LogP contribution in [-0.2, 0) is 17.6 Å². The van der Waals surface area contributed by atoms with E-state index in [-0.39, 0.29) is 5.92 Å². The van der Waals surface area contributed by atoms with Crippen LogP contribution in [0, 0.1) is 10.4 Å². The van der Waals surface area contributed by atoms with E-state index < -0.39 is 0 Å². The molecule has 1 heterocycles. The molecule has 0 aromatic heterocycles. The molecule has 5 aromatic carbocycles. The lowest BCUT2D eigenvalue weighted by Gasteiger charge is -2.23. The molecule has 0 amide bonds. The Hall–Kier alpha value is -5.28. The number of ketones is 1. The number of allylic oxidation sites excluding steroid dienone is 1. The van der Waals surface area contributed by atoms with Gasteiger partial charge in [0.15, 0.2) is 0 Å². The molecule has 1 aliphatic heterocycles. The van der Waals surface area contributed by atoms with Gasteiger partial charge in [0.25, 0.3) is 0 Å². The smallest absolute Gasteiger partial charge is 0.137 e. The number of Topliss-reactive ketones (excluding diaryl/α,β-unsaturated/α-hetero) is 1. The molecule has 0 saturated carbocycles. The van der Waals surface area contributed by atoms with Crippen molar-refractivity contribution in [1.82, 2.24) is 0 Å². The molecule has 0 radical (unpaired) electrons. The summed E-state index contributed by atoms with van der Waals surface area (Å²) in [5.74, 6) is 0.384. The molecule has 0 unspecified atom stereocenters. The summed E-state index contributed by atoms with van der Waals surface area (Å²) < 4.78 is 0. The third-order valence-corrected chi connectivity index (χ3v) is 8.98. The summed E-state index contributed by atoms with van der Waals surface area (Å²) in [5, 5.41) is 8.58. The molecule has 0 saturated heterocycles. The van der Waals surface area contributed by atoms with Crippen LogP contribution in [0.1, 0.15) is 47.9 Å². The van der Waals surface area contributed by atoms with Gasteiger partial charge in [0.05, 0.1) is 5.70 Å². The minimum atomic E-state index is 0.0820. The Kier molecular flexibility index (Phi) is 8.07. The van der Waals surface area contributed by atoms with E-state index in [1.165, 1.54) is 48.7 Å². The molecule has 0 fully saturated rings. The number of anilines is 1. The van der Waals surface area contributed by atoms with Crippen molar-refractivity contribution in [1.29, 1.82) is 0 Å². The second-order valence-corrected chi connectivity index (χ2v) is 11.9. The highest BCUT2D eigenvalue weighted by molar-refractivity contribution is 5.92. The fourth-order valence-electron chi connectivity index (χ4n) is 6.70. The standard InChI is InChI=1S/C22H18N2.C20H18O/c1-3-7-17(8-4-1)13-21-16-24-22-12-11-19(14-20(22)15-23-21)18-9-5-2-6-10-18;1-13(21)16-8-4-6-15-10-11-18-17-7-3-2-5-14(17)9-12-19(18)20(15)16/h1-12,14-16,24H,13H2;2-3,5-7,9-11,16H,4,8,12H2,1H3/t;16-/m.0/s1. The van der Waals surface area contributed by atoms with Crippen LogP contribution in [-0.4, -0.2) is 12.0 Å². The van der Waals surface area contributed by atoms with Crippen LogP contribution >= 0.6 is 0 Å². The van der Waals surface area contributed by atoms with Gasteiger partial charge in [-0.15, -0.1) is 0 Å². The van der Waals surface area contributed by atoms with Crippen LogP contribution in [0.4, 0.5) is 5.69 Å². The SMILES string of the molecule is C1=NC(Cc2ccccc2)=CNc2ccc(-c3ccccc3)cc21.CC(=O)[C@@H]1CCC=c2ccc3c(c21)CC=c1ccccc1=3. The molecule has 3 heteroatoms. The summed E-state index contributed by atoms with van der Waals surface area (Å²) in [6, 6.07) is 40.2. The third-order valence-electron chi connectivity index (χ3n) is 8.98. The summed E-state index contributed by atoms with van der Waals surface area (Å²) >= 11 is 0. The van der Waals surface area contributed by atoms with Crippen molar-refractivity contribution >= 4 is 29.8 Å². The lowest BCUT2D eigenvalue weighted by molar-refractivity contribution is -0.118. The van der Waals surface area contributed by atoms with Gasteiger partial charge in [0.2, 0.25) is 0 Å². The molecule has 2 aliphatic carbocycles. The Morgan fingerprint density at radius 3 is 2.38 bits per heavy atom. The number of nitrogens with zero attached hydrogens (tertiary/aromatic N) is 1. The molecule has 1 atom stereocenters. The second-order valence-electron chi connectivity index (χ2n) is 11.9. The largest absolute Gasteiger partial charge is 0.359 e. The quantitative estimate of drug-likeness (QED) is 0.234. The number of hydrogen-bond acceptors (Lipinski definition) is 3. The van der Waals surface area contributed by atoms with Crippen molar-refractivity contribution in [2.75, 3.05) is 5.32 Å². The van der Waals surface area contributed by atoms with Crippen molar-refractivity contribution in [3.8, 4) is 11.1 Å². The van der Waals surface area contributed by atoms with Gasteiger partial charge in [0, 0.05) is 36.0 Å². The van der Waals surface area contributed by atoms with E-state index in [9.17, 15) is 4.79 Å². The van der Waals surface area contributed by atoms with Crippen LogP contribution < -0.4 is 15.8 Å². The summed E-state index contributed by atoms with van der Waals surface area (Å²) in [4.78, 5) is 16.7. The summed E-state index contributed by atoms with van der Waals surface area (Å²) in [7, 11) is 0. The summed E-state index contributed by atoms with van der Waals surface area (Å²) in [6.45, 7) is 1.74. The highest BCUT2D eigenvalue weighted by Gasteiger charge is 2.24. The number of carbonyl (C=O) groups excluding carboxylic acids is 1. The summed E-state index contributed by atoms with van der Waals surface area (Å²) in [6.07, 6.45) is 12.3. The van der Waals surface area contributed by atoms with E-state index in [0.717, 1.165) is 42.6 Å².